The number of carbonyl (C=O) groups is 1. The highest BCUT2D eigenvalue weighted by Gasteiger charge is 2.52. The minimum atomic E-state index is -4.93. The third kappa shape index (κ3) is 5.50. The van der Waals surface area contributed by atoms with Crippen LogP contribution in [0.3, 0.4) is 0 Å². The zero-order valence-corrected chi connectivity index (χ0v) is 22.5. The molecule has 0 radical (unpaired) electrons. The van der Waals surface area contributed by atoms with Crippen LogP contribution in [0.1, 0.15) is 26.3 Å². The first-order valence-electron chi connectivity index (χ1n) is 12.2. The maximum atomic E-state index is 13.4. The van der Waals surface area contributed by atoms with E-state index >= 15 is 0 Å². The Labute approximate surface area is 224 Å². The lowest BCUT2D eigenvalue weighted by atomic mass is 9.97. The number of anilines is 2. The second-order valence-electron chi connectivity index (χ2n) is 10.2. The number of nitrogens with two attached hydrogens (primary N) is 1. The fraction of sp³-hybridized carbons (Fsp3) is 0.565. The van der Waals surface area contributed by atoms with Crippen molar-refractivity contribution in [2.24, 2.45) is 0 Å². The van der Waals surface area contributed by atoms with E-state index in [0.717, 1.165) is 12.4 Å². The molecule has 0 aromatic carbocycles. The molecule has 2 atom stereocenters. The van der Waals surface area contributed by atoms with E-state index in [1.807, 2.05) is 4.90 Å². The highest BCUT2D eigenvalue weighted by atomic mass is 32.2. The van der Waals surface area contributed by atoms with Gasteiger partial charge >= 0.3 is 6.18 Å². The average Bonchev–Trinajstić information content (AvgIpc) is 2.86. The summed E-state index contributed by atoms with van der Waals surface area (Å²) in [4.78, 5) is 28.2. The molecule has 0 saturated carbocycles. The van der Waals surface area contributed by atoms with Gasteiger partial charge in [0.25, 0.3) is 0 Å². The van der Waals surface area contributed by atoms with Gasteiger partial charge in [-0.3, -0.25) is 9.69 Å². The summed E-state index contributed by atoms with van der Waals surface area (Å²) in [6.07, 6.45) is -1.93. The molecule has 0 spiro atoms. The number of carbonyl (C=O) groups excluding carboxylic acids is 1. The van der Waals surface area contributed by atoms with Crippen LogP contribution in [0, 0.1) is 0 Å². The molecule has 2 aromatic heterocycles. The van der Waals surface area contributed by atoms with Gasteiger partial charge in [0.15, 0.2) is 5.60 Å². The minimum absolute atomic E-state index is 0.00765. The first-order valence-corrected chi connectivity index (χ1v) is 13.6. The summed E-state index contributed by atoms with van der Waals surface area (Å²) in [7, 11) is -3.95. The van der Waals surface area contributed by atoms with Gasteiger partial charge in [0, 0.05) is 63.4 Å². The van der Waals surface area contributed by atoms with Gasteiger partial charge in [-0.25, -0.2) is 23.4 Å². The maximum Gasteiger partial charge on any atom is 0.421 e. The standard InChI is InChI=1S/C23H31F3N8O4S/c1-21(2)19(35)28-6-7-32(21)13-16-14-33(39(37,38)17-4-5-18(27)29-12-17)8-9-34(16)20-30-10-15(11-31-20)22(3,36)23(24,25)26/h4-5,10-12,16,36H,6-9,13-14H2,1-3H3,(H2,27,29)(H,28,35)/t16-,22?/m0/s1. The van der Waals surface area contributed by atoms with E-state index in [1.165, 1.54) is 22.6 Å². The molecule has 2 aliphatic rings. The van der Waals surface area contributed by atoms with Gasteiger partial charge in [-0.05, 0) is 32.9 Å². The van der Waals surface area contributed by atoms with Crippen LogP contribution in [0.5, 0.6) is 0 Å². The molecule has 4 rings (SSSR count). The zero-order chi connectivity index (χ0) is 28.8. The first kappa shape index (κ1) is 28.9. The fourth-order valence-corrected chi connectivity index (χ4v) is 5.97. The summed E-state index contributed by atoms with van der Waals surface area (Å²) in [6.45, 7) is 5.46. The van der Waals surface area contributed by atoms with E-state index in [1.54, 1.807) is 18.7 Å². The molecule has 4 N–H and O–H groups in total. The molecule has 2 fully saturated rings. The van der Waals surface area contributed by atoms with Crippen molar-refractivity contribution in [2.75, 3.05) is 49.9 Å². The number of aliphatic hydroxyl groups is 1. The highest BCUT2D eigenvalue weighted by Crippen LogP contribution is 2.38. The van der Waals surface area contributed by atoms with Gasteiger partial charge in [-0.2, -0.15) is 17.5 Å². The first-order chi connectivity index (χ1) is 18.0. The van der Waals surface area contributed by atoms with Gasteiger partial charge in [-0.15, -0.1) is 0 Å². The van der Waals surface area contributed by atoms with Crippen molar-refractivity contribution in [3.8, 4) is 0 Å². The topological polar surface area (TPSA) is 158 Å². The predicted octanol–water partition coefficient (Wildman–Crippen LogP) is 0.314. The molecule has 12 nitrogen and oxygen atoms in total. The molecule has 0 bridgehead atoms. The van der Waals surface area contributed by atoms with Crippen molar-refractivity contribution >= 4 is 27.7 Å². The van der Waals surface area contributed by atoms with Crippen molar-refractivity contribution < 1.29 is 31.5 Å². The normalized spacial score (nSPS) is 22.8. The van der Waals surface area contributed by atoms with Gasteiger partial charge in [-0.1, -0.05) is 0 Å². The number of alkyl halides is 3. The van der Waals surface area contributed by atoms with Crippen LogP contribution in [-0.4, -0.2) is 101 Å². The number of pyridine rings is 1. The molecule has 1 amide bonds. The number of piperazine rings is 2. The molecule has 1 unspecified atom stereocenters. The van der Waals surface area contributed by atoms with Gasteiger partial charge in [0.1, 0.15) is 10.7 Å². The molecule has 16 heteroatoms. The van der Waals surface area contributed by atoms with Crippen LogP contribution in [0.15, 0.2) is 35.6 Å². The van der Waals surface area contributed by atoms with E-state index in [0.29, 0.717) is 20.0 Å². The van der Waals surface area contributed by atoms with Gasteiger partial charge < -0.3 is 21.1 Å². The van der Waals surface area contributed by atoms with Crippen LogP contribution in [0.25, 0.3) is 0 Å². The van der Waals surface area contributed by atoms with E-state index in [2.05, 4.69) is 20.3 Å². The van der Waals surface area contributed by atoms with E-state index in [-0.39, 0.29) is 48.7 Å². The Bertz CT molecular complexity index is 1300. The van der Waals surface area contributed by atoms with Gasteiger partial charge in [0.05, 0.1) is 11.6 Å². The summed E-state index contributed by atoms with van der Waals surface area (Å²) >= 11 is 0. The van der Waals surface area contributed by atoms with Crippen LogP contribution < -0.4 is 16.0 Å². The molecule has 0 aliphatic carbocycles. The van der Waals surface area contributed by atoms with Crippen LogP contribution in [0.2, 0.25) is 0 Å². The summed E-state index contributed by atoms with van der Waals surface area (Å²) in [5, 5.41) is 12.8. The third-order valence-electron chi connectivity index (χ3n) is 7.30. The van der Waals surface area contributed by atoms with Crippen molar-refractivity contribution in [3.63, 3.8) is 0 Å². The molecular formula is C23H31F3N8O4S. The minimum Gasteiger partial charge on any atom is -0.384 e. The predicted molar refractivity (Wildman–Crippen MR) is 135 cm³/mol. The van der Waals surface area contributed by atoms with Crippen molar-refractivity contribution in [1.29, 1.82) is 0 Å². The van der Waals surface area contributed by atoms with Gasteiger partial charge in [0.2, 0.25) is 21.9 Å². The Hall–Kier alpha value is -3.08. The highest BCUT2D eigenvalue weighted by molar-refractivity contribution is 7.89. The summed E-state index contributed by atoms with van der Waals surface area (Å²) < 4.78 is 67.9. The van der Waals surface area contributed by atoms with E-state index in [9.17, 15) is 31.5 Å². The number of amides is 1. The third-order valence-corrected chi connectivity index (χ3v) is 9.15. The number of nitrogens with zero attached hydrogens (tertiary/aromatic N) is 6. The number of nitrogen functional groups attached to an aromatic ring is 1. The lowest BCUT2D eigenvalue weighted by molar-refractivity contribution is -0.259. The Morgan fingerprint density at radius 1 is 1.13 bits per heavy atom. The largest absolute Gasteiger partial charge is 0.421 e. The fourth-order valence-electron chi connectivity index (χ4n) is 4.56. The molecule has 214 valence electrons. The second kappa shape index (κ2) is 10.1. The zero-order valence-electron chi connectivity index (χ0n) is 21.7. The molecule has 39 heavy (non-hydrogen) atoms. The van der Waals surface area contributed by atoms with Crippen molar-refractivity contribution in [1.82, 2.24) is 29.5 Å². The lowest BCUT2D eigenvalue weighted by Gasteiger charge is -2.47. The number of halogens is 3. The number of nitrogens with one attached hydrogen (secondary N) is 1. The lowest BCUT2D eigenvalue weighted by Crippen LogP contribution is -2.66. The SMILES string of the molecule is CC1(C)C(=O)NCCN1C[C@H]1CN(S(=O)(=O)c2ccc(N)nc2)CCN1c1ncc(C(C)(O)C(F)(F)F)cn1. The number of hydrogen-bond donors (Lipinski definition) is 3. The molecule has 2 aromatic rings. The van der Waals surface area contributed by atoms with E-state index < -0.39 is 38.9 Å². The molecule has 4 heterocycles. The van der Waals surface area contributed by atoms with Crippen LogP contribution >= 0.6 is 0 Å². The van der Waals surface area contributed by atoms with Crippen molar-refractivity contribution in [2.45, 2.75) is 49.0 Å². The Balaban J connectivity index is 1.65. The van der Waals surface area contributed by atoms with Crippen molar-refractivity contribution in [3.05, 3.63) is 36.3 Å². The van der Waals surface area contributed by atoms with Crippen LogP contribution in [-0.2, 0) is 20.4 Å². The smallest absolute Gasteiger partial charge is 0.384 e. The second-order valence-corrected chi connectivity index (χ2v) is 12.2. The average molecular weight is 573 g/mol. The summed E-state index contributed by atoms with van der Waals surface area (Å²) in [6, 6.07) is 2.20. The van der Waals surface area contributed by atoms with E-state index in [4.69, 9.17) is 5.73 Å². The number of hydrogen-bond acceptors (Lipinski definition) is 10. The number of rotatable bonds is 6. The number of aromatic nitrogens is 3. The molecular weight excluding hydrogens is 541 g/mol. The Morgan fingerprint density at radius 2 is 1.79 bits per heavy atom. The number of sulfonamides is 1. The summed E-state index contributed by atoms with van der Waals surface area (Å²) in [5.74, 6) is 0.0723. The quantitative estimate of drug-likeness (QED) is 0.440. The maximum absolute atomic E-state index is 13.4. The Kier molecular flexibility index (Phi) is 7.52. The summed E-state index contributed by atoms with van der Waals surface area (Å²) in [5.41, 5.74) is 1.04. The Morgan fingerprint density at radius 3 is 2.38 bits per heavy atom. The van der Waals surface area contributed by atoms with Crippen LogP contribution in [0.4, 0.5) is 24.9 Å². The monoisotopic (exact) mass is 572 g/mol. The molecule has 2 saturated heterocycles. The molecule has 2 aliphatic heterocycles.